The van der Waals surface area contributed by atoms with E-state index in [4.69, 9.17) is 4.74 Å². The van der Waals surface area contributed by atoms with E-state index in [0.717, 1.165) is 19.6 Å². The fourth-order valence-electron chi connectivity index (χ4n) is 4.25. The normalized spacial score (nSPS) is 27.7. The molecule has 2 saturated carbocycles. The summed E-state index contributed by atoms with van der Waals surface area (Å²) in [5.74, 6) is 0. The van der Waals surface area contributed by atoms with Crippen molar-refractivity contribution in [2.75, 3.05) is 13.2 Å². The molecule has 0 aromatic carbocycles. The Labute approximate surface area is 132 Å². The highest BCUT2D eigenvalue weighted by Gasteiger charge is 2.55. The molecule has 0 aliphatic heterocycles. The van der Waals surface area contributed by atoms with Gasteiger partial charge in [0.2, 0.25) is 0 Å². The predicted octanol–water partition coefficient (Wildman–Crippen LogP) is 3.71. The Bertz CT molecular complexity index is 453. The van der Waals surface area contributed by atoms with E-state index < -0.39 is 0 Å². The van der Waals surface area contributed by atoms with Crippen LogP contribution in [0.1, 0.15) is 56.2 Å². The minimum absolute atomic E-state index is 0.437. The maximum atomic E-state index is 6.02. The molecule has 1 aromatic rings. The van der Waals surface area contributed by atoms with E-state index in [9.17, 15) is 0 Å². The minimum Gasteiger partial charge on any atom is -0.378 e. The van der Waals surface area contributed by atoms with Gasteiger partial charge in [0.05, 0.1) is 16.8 Å². The number of aromatic nitrogens is 1. The van der Waals surface area contributed by atoms with Crippen LogP contribution in [-0.2, 0) is 11.2 Å². The molecule has 0 bridgehead atoms. The lowest BCUT2D eigenvalue weighted by molar-refractivity contribution is -0.149. The van der Waals surface area contributed by atoms with Gasteiger partial charge >= 0.3 is 0 Å². The van der Waals surface area contributed by atoms with Gasteiger partial charge in [0.25, 0.3) is 0 Å². The van der Waals surface area contributed by atoms with Crippen LogP contribution in [-0.4, -0.2) is 30.3 Å². The van der Waals surface area contributed by atoms with Gasteiger partial charge in [-0.25, -0.2) is 4.98 Å². The van der Waals surface area contributed by atoms with E-state index in [0.29, 0.717) is 17.6 Å². The first-order valence-corrected chi connectivity index (χ1v) is 9.38. The van der Waals surface area contributed by atoms with Crippen molar-refractivity contribution >= 4 is 11.3 Å². The van der Waals surface area contributed by atoms with Gasteiger partial charge in [0.15, 0.2) is 0 Å². The predicted molar refractivity (Wildman–Crippen MR) is 87.9 cm³/mol. The molecule has 1 N–H and O–H groups in total. The second kappa shape index (κ2) is 6.76. The van der Waals surface area contributed by atoms with Gasteiger partial charge in [0.1, 0.15) is 0 Å². The van der Waals surface area contributed by atoms with Crippen LogP contribution in [0.5, 0.6) is 0 Å². The van der Waals surface area contributed by atoms with Crippen molar-refractivity contribution in [2.45, 2.75) is 70.9 Å². The Kier molecular flexibility index (Phi) is 4.97. The smallest absolute Gasteiger partial charge is 0.0897 e. The first-order valence-electron chi connectivity index (χ1n) is 8.50. The molecule has 4 heteroatoms. The number of nitrogens with zero attached hydrogens (tertiary/aromatic N) is 1. The maximum Gasteiger partial charge on any atom is 0.0897 e. The van der Waals surface area contributed by atoms with Gasteiger partial charge < -0.3 is 10.1 Å². The van der Waals surface area contributed by atoms with Gasteiger partial charge in [-0.3, -0.25) is 0 Å². The Hall–Kier alpha value is -0.450. The number of thiazole rings is 1. The average Bonchev–Trinajstić information content (AvgIpc) is 2.92. The summed E-state index contributed by atoms with van der Waals surface area (Å²) in [5.41, 5.74) is 1.68. The van der Waals surface area contributed by atoms with E-state index in [1.807, 2.05) is 0 Å². The van der Waals surface area contributed by atoms with Crippen molar-refractivity contribution in [1.82, 2.24) is 10.3 Å². The zero-order chi connectivity index (χ0) is 14.7. The lowest BCUT2D eigenvalue weighted by atomic mass is 9.55. The molecule has 0 saturated heterocycles. The monoisotopic (exact) mass is 308 g/mol. The third-order valence-corrected chi connectivity index (χ3v) is 6.20. The number of hydrogen-bond donors (Lipinski definition) is 1. The summed E-state index contributed by atoms with van der Waals surface area (Å²) in [6.45, 7) is 6.12. The highest BCUT2D eigenvalue weighted by atomic mass is 32.1. The third kappa shape index (κ3) is 3.17. The summed E-state index contributed by atoms with van der Waals surface area (Å²) in [6, 6.07) is 0.661. The largest absolute Gasteiger partial charge is 0.378 e. The quantitative estimate of drug-likeness (QED) is 0.870. The SMILES string of the molecule is CCOC1CC(NCCc2csc(C)n2)C12CCCCC2. The second-order valence-corrected chi connectivity index (χ2v) is 7.65. The zero-order valence-corrected chi connectivity index (χ0v) is 14.2. The number of aryl methyl sites for hydroxylation is 1. The molecule has 2 unspecified atom stereocenters. The standard InChI is InChI=1S/C17H28N2OS/c1-3-20-16-11-15(17(16)8-5-4-6-9-17)18-10-7-14-12-21-13(2)19-14/h12,15-16,18H,3-11H2,1-2H3. The van der Waals surface area contributed by atoms with E-state index >= 15 is 0 Å². The number of hydrogen-bond acceptors (Lipinski definition) is 4. The minimum atomic E-state index is 0.437. The number of nitrogens with one attached hydrogen (secondary N) is 1. The van der Waals surface area contributed by atoms with Crippen molar-refractivity contribution in [3.63, 3.8) is 0 Å². The fraction of sp³-hybridized carbons (Fsp3) is 0.824. The highest BCUT2D eigenvalue weighted by molar-refractivity contribution is 7.09. The van der Waals surface area contributed by atoms with Gasteiger partial charge in [-0.15, -0.1) is 11.3 Å². The van der Waals surface area contributed by atoms with Crippen molar-refractivity contribution in [3.8, 4) is 0 Å². The molecule has 3 nitrogen and oxygen atoms in total. The van der Waals surface area contributed by atoms with Gasteiger partial charge in [-0.2, -0.15) is 0 Å². The Morgan fingerprint density at radius 1 is 1.38 bits per heavy atom. The van der Waals surface area contributed by atoms with Gasteiger partial charge in [-0.05, 0) is 33.1 Å². The lowest BCUT2D eigenvalue weighted by Crippen LogP contribution is -2.64. The van der Waals surface area contributed by atoms with E-state index in [1.54, 1.807) is 11.3 Å². The van der Waals surface area contributed by atoms with Crippen molar-refractivity contribution < 1.29 is 4.74 Å². The van der Waals surface area contributed by atoms with Crippen LogP contribution >= 0.6 is 11.3 Å². The first kappa shape index (κ1) is 15.4. The van der Waals surface area contributed by atoms with Crippen LogP contribution in [0.15, 0.2) is 5.38 Å². The van der Waals surface area contributed by atoms with Crippen molar-refractivity contribution in [3.05, 3.63) is 16.1 Å². The summed E-state index contributed by atoms with van der Waals surface area (Å²) in [6.07, 6.45) is 9.63. The van der Waals surface area contributed by atoms with Crippen LogP contribution in [0.2, 0.25) is 0 Å². The van der Waals surface area contributed by atoms with E-state index in [-0.39, 0.29) is 0 Å². The molecule has 1 heterocycles. The molecule has 2 aliphatic carbocycles. The summed E-state index contributed by atoms with van der Waals surface area (Å²) >= 11 is 1.75. The fourth-order valence-corrected chi connectivity index (χ4v) is 4.89. The molecule has 3 rings (SSSR count). The van der Waals surface area contributed by atoms with Crippen LogP contribution in [0.25, 0.3) is 0 Å². The molecule has 118 valence electrons. The second-order valence-electron chi connectivity index (χ2n) is 6.59. The number of ether oxygens (including phenoxy) is 1. The average molecular weight is 308 g/mol. The molecule has 2 fully saturated rings. The summed E-state index contributed by atoms with van der Waals surface area (Å²) in [7, 11) is 0. The van der Waals surface area contributed by atoms with Crippen LogP contribution in [0.3, 0.4) is 0 Å². The van der Waals surface area contributed by atoms with Gasteiger partial charge in [-0.1, -0.05) is 19.3 Å². The zero-order valence-electron chi connectivity index (χ0n) is 13.4. The summed E-state index contributed by atoms with van der Waals surface area (Å²) in [5, 5.41) is 7.18. The molecule has 2 aliphatic rings. The molecular weight excluding hydrogens is 280 g/mol. The van der Waals surface area contributed by atoms with Crippen molar-refractivity contribution in [1.29, 1.82) is 0 Å². The molecule has 0 radical (unpaired) electrons. The lowest BCUT2D eigenvalue weighted by Gasteiger charge is -2.58. The molecule has 1 aromatic heterocycles. The highest BCUT2D eigenvalue weighted by Crippen LogP contribution is 2.53. The van der Waals surface area contributed by atoms with Crippen LogP contribution < -0.4 is 5.32 Å². The van der Waals surface area contributed by atoms with E-state index in [1.165, 1.54) is 49.2 Å². The van der Waals surface area contributed by atoms with Crippen molar-refractivity contribution in [2.24, 2.45) is 5.41 Å². The first-order chi connectivity index (χ1) is 10.2. The van der Waals surface area contributed by atoms with Gasteiger partial charge in [0, 0.05) is 36.4 Å². The Morgan fingerprint density at radius 2 is 2.19 bits per heavy atom. The Morgan fingerprint density at radius 3 is 2.86 bits per heavy atom. The molecular formula is C17H28N2OS. The molecule has 21 heavy (non-hydrogen) atoms. The number of rotatable bonds is 6. The summed E-state index contributed by atoms with van der Waals surface area (Å²) in [4.78, 5) is 4.55. The van der Waals surface area contributed by atoms with Crippen LogP contribution in [0.4, 0.5) is 0 Å². The molecule has 0 amide bonds. The third-order valence-electron chi connectivity index (χ3n) is 5.38. The molecule has 1 spiro atoms. The molecule has 2 atom stereocenters. The van der Waals surface area contributed by atoms with E-state index in [2.05, 4.69) is 29.5 Å². The summed E-state index contributed by atoms with van der Waals surface area (Å²) < 4.78 is 6.02. The van der Waals surface area contributed by atoms with Crippen LogP contribution in [0, 0.1) is 12.3 Å². The Balaban J connectivity index is 1.52. The topological polar surface area (TPSA) is 34.1 Å². The maximum absolute atomic E-state index is 6.02.